The number of carbonyl (C=O) groups is 3. The second kappa shape index (κ2) is 11.4. The van der Waals surface area contributed by atoms with Crippen LogP contribution in [0.25, 0.3) is 0 Å². The molecule has 0 heterocycles. The Kier molecular flexibility index (Phi) is 8.12. The highest BCUT2D eigenvalue weighted by Gasteiger charge is 2.59. The van der Waals surface area contributed by atoms with Gasteiger partial charge in [0.05, 0.1) is 6.61 Å². The fraction of sp³-hybridized carbons (Fsp3) is 0.571. The van der Waals surface area contributed by atoms with Gasteiger partial charge in [0.15, 0.2) is 11.6 Å². The van der Waals surface area contributed by atoms with Gasteiger partial charge in [0.2, 0.25) is 0 Å². The van der Waals surface area contributed by atoms with Gasteiger partial charge in [-0.2, -0.15) is 0 Å². The molecule has 0 aliphatic heterocycles. The SMILES string of the molecule is CC(=O)OCC1CC2CC1C(C)C2C.CC1C(C)C2CC1C(C(=O)c1ccccc1)C2C(=O)c1ccccc1. The van der Waals surface area contributed by atoms with Crippen LogP contribution in [0.15, 0.2) is 60.7 Å². The van der Waals surface area contributed by atoms with Gasteiger partial charge < -0.3 is 4.74 Å². The zero-order valence-corrected chi connectivity index (χ0v) is 24.1. The number of ether oxygens (including phenoxy) is 1. The van der Waals surface area contributed by atoms with E-state index in [9.17, 15) is 14.4 Å². The molecule has 2 aromatic rings. The average molecular weight is 529 g/mol. The molecule has 11 unspecified atom stereocenters. The first kappa shape index (κ1) is 27.8. The van der Waals surface area contributed by atoms with Gasteiger partial charge in [-0.15, -0.1) is 0 Å². The molecule has 0 amide bonds. The summed E-state index contributed by atoms with van der Waals surface area (Å²) < 4.78 is 5.12. The van der Waals surface area contributed by atoms with Crippen LogP contribution in [0.3, 0.4) is 0 Å². The van der Waals surface area contributed by atoms with E-state index in [1.807, 2.05) is 60.7 Å². The zero-order chi connectivity index (χ0) is 27.8. The summed E-state index contributed by atoms with van der Waals surface area (Å²) in [5.41, 5.74) is 1.48. The summed E-state index contributed by atoms with van der Waals surface area (Å²) in [6, 6.07) is 19.0. The summed E-state index contributed by atoms with van der Waals surface area (Å²) in [6.07, 6.45) is 3.66. The lowest BCUT2D eigenvalue weighted by atomic mass is 9.65. The molecule has 208 valence electrons. The van der Waals surface area contributed by atoms with E-state index < -0.39 is 0 Å². The van der Waals surface area contributed by atoms with E-state index in [2.05, 4.69) is 27.7 Å². The van der Waals surface area contributed by atoms with Crippen molar-refractivity contribution in [2.24, 2.45) is 65.1 Å². The molecule has 4 bridgehead atoms. The molecule has 2 aromatic carbocycles. The number of hydrogen-bond donors (Lipinski definition) is 0. The van der Waals surface area contributed by atoms with Crippen molar-refractivity contribution in [3.05, 3.63) is 71.8 Å². The fourth-order valence-corrected chi connectivity index (χ4v) is 8.82. The van der Waals surface area contributed by atoms with Crippen LogP contribution >= 0.6 is 0 Å². The fourth-order valence-electron chi connectivity index (χ4n) is 8.82. The molecule has 4 heteroatoms. The van der Waals surface area contributed by atoms with Crippen molar-refractivity contribution < 1.29 is 19.1 Å². The number of esters is 1. The van der Waals surface area contributed by atoms with Crippen molar-refractivity contribution in [3.63, 3.8) is 0 Å². The predicted octanol–water partition coefficient (Wildman–Crippen LogP) is 7.38. The molecule has 4 aliphatic carbocycles. The van der Waals surface area contributed by atoms with E-state index in [0.717, 1.165) is 41.2 Å². The third-order valence-corrected chi connectivity index (χ3v) is 11.3. The maximum absolute atomic E-state index is 13.3. The van der Waals surface area contributed by atoms with Crippen molar-refractivity contribution in [2.75, 3.05) is 6.61 Å². The lowest BCUT2D eigenvalue weighted by Gasteiger charge is -2.37. The largest absolute Gasteiger partial charge is 0.466 e. The number of carbonyl (C=O) groups excluding carboxylic acids is 3. The highest BCUT2D eigenvalue weighted by molar-refractivity contribution is 6.05. The lowest BCUT2D eigenvalue weighted by molar-refractivity contribution is -0.143. The molecule has 0 saturated heterocycles. The number of rotatable bonds is 6. The first-order chi connectivity index (χ1) is 18.7. The number of hydrogen-bond acceptors (Lipinski definition) is 4. The van der Waals surface area contributed by atoms with Crippen molar-refractivity contribution in [3.8, 4) is 0 Å². The van der Waals surface area contributed by atoms with E-state index in [-0.39, 0.29) is 29.4 Å². The Morgan fingerprint density at radius 3 is 1.51 bits per heavy atom. The van der Waals surface area contributed by atoms with E-state index in [1.165, 1.54) is 19.8 Å². The zero-order valence-electron chi connectivity index (χ0n) is 24.1. The minimum absolute atomic E-state index is 0.131. The molecule has 4 nitrogen and oxygen atoms in total. The van der Waals surface area contributed by atoms with Gasteiger partial charge in [0.25, 0.3) is 0 Å². The number of fused-ring (bicyclic) bond motifs is 4. The topological polar surface area (TPSA) is 60.4 Å². The minimum Gasteiger partial charge on any atom is -0.466 e. The Bertz CT molecular complexity index is 1100. The van der Waals surface area contributed by atoms with Crippen LogP contribution in [0.4, 0.5) is 0 Å². The molecular weight excluding hydrogens is 484 g/mol. The van der Waals surface area contributed by atoms with Crippen molar-refractivity contribution in [2.45, 2.75) is 53.9 Å². The van der Waals surface area contributed by atoms with Gasteiger partial charge in [-0.05, 0) is 72.5 Å². The van der Waals surface area contributed by atoms with Crippen LogP contribution in [-0.2, 0) is 9.53 Å². The average Bonchev–Trinajstić information content (AvgIpc) is 3.69. The van der Waals surface area contributed by atoms with Crippen LogP contribution in [0.1, 0.15) is 74.6 Å². The van der Waals surface area contributed by atoms with Crippen molar-refractivity contribution in [1.82, 2.24) is 0 Å². The van der Waals surface area contributed by atoms with E-state index in [4.69, 9.17) is 4.74 Å². The van der Waals surface area contributed by atoms with Gasteiger partial charge in [0, 0.05) is 29.9 Å². The first-order valence-electron chi connectivity index (χ1n) is 15.0. The highest BCUT2D eigenvalue weighted by Crippen LogP contribution is 2.59. The molecule has 39 heavy (non-hydrogen) atoms. The van der Waals surface area contributed by atoms with Gasteiger partial charge in [-0.1, -0.05) is 88.4 Å². The Morgan fingerprint density at radius 1 is 0.641 bits per heavy atom. The summed E-state index contributed by atoms with van der Waals surface area (Å²) in [4.78, 5) is 37.3. The second-order valence-corrected chi connectivity index (χ2v) is 13.0. The summed E-state index contributed by atoms with van der Waals surface area (Å²) >= 11 is 0. The summed E-state index contributed by atoms with van der Waals surface area (Å²) in [5.74, 6) is 5.55. The smallest absolute Gasteiger partial charge is 0.302 e. The Morgan fingerprint density at radius 2 is 1.10 bits per heavy atom. The standard InChI is InChI=1S/C23H24O2.C12H20O2/c1-14-15(2)19-13-18(14)20(22(24)16-9-5-3-6-10-16)21(19)23(25)17-11-7-4-8-12-17;1-7-8(2)12-5-10(7)4-11(12)6-14-9(3)13/h3-12,14-15,18-21H,13H2,1-2H3;7-8,10-12H,4-6H2,1-3H3. The normalized spacial score (nSPS) is 37.7. The van der Waals surface area contributed by atoms with E-state index in [0.29, 0.717) is 36.2 Å². The highest BCUT2D eigenvalue weighted by atomic mass is 16.5. The monoisotopic (exact) mass is 528 g/mol. The van der Waals surface area contributed by atoms with Gasteiger partial charge >= 0.3 is 5.97 Å². The first-order valence-corrected chi connectivity index (χ1v) is 15.0. The molecular formula is C35H44O4. The molecule has 4 fully saturated rings. The number of benzene rings is 2. The van der Waals surface area contributed by atoms with Gasteiger partial charge in [0.1, 0.15) is 0 Å². The summed E-state index contributed by atoms with van der Waals surface area (Å²) in [5, 5.41) is 0. The Labute approximate surface area is 233 Å². The van der Waals surface area contributed by atoms with Crippen LogP contribution in [0.2, 0.25) is 0 Å². The third kappa shape index (κ3) is 5.24. The molecule has 0 radical (unpaired) electrons. The van der Waals surface area contributed by atoms with Crippen LogP contribution in [-0.4, -0.2) is 24.1 Å². The maximum Gasteiger partial charge on any atom is 0.302 e. The third-order valence-electron chi connectivity index (χ3n) is 11.3. The second-order valence-electron chi connectivity index (χ2n) is 13.0. The maximum atomic E-state index is 13.3. The molecule has 0 spiro atoms. The van der Waals surface area contributed by atoms with Crippen LogP contribution < -0.4 is 0 Å². The van der Waals surface area contributed by atoms with Gasteiger partial charge in [-0.3, -0.25) is 14.4 Å². The number of Topliss-reactive ketones (excluding diaryl/α,β-unsaturated/α-hetero) is 2. The number of ketones is 2. The molecule has 0 N–H and O–H groups in total. The molecule has 4 aliphatic rings. The molecule has 0 aromatic heterocycles. The van der Waals surface area contributed by atoms with E-state index >= 15 is 0 Å². The summed E-state index contributed by atoms with van der Waals surface area (Å²) in [7, 11) is 0. The molecule has 4 saturated carbocycles. The van der Waals surface area contributed by atoms with Crippen molar-refractivity contribution >= 4 is 17.5 Å². The molecule has 11 atom stereocenters. The van der Waals surface area contributed by atoms with Crippen LogP contribution in [0.5, 0.6) is 0 Å². The van der Waals surface area contributed by atoms with Crippen LogP contribution in [0, 0.1) is 65.1 Å². The molecule has 6 rings (SSSR count). The predicted molar refractivity (Wildman–Crippen MR) is 153 cm³/mol. The summed E-state index contributed by atoms with van der Waals surface area (Å²) in [6.45, 7) is 11.4. The quantitative estimate of drug-likeness (QED) is 0.290. The van der Waals surface area contributed by atoms with Gasteiger partial charge in [-0.25, -0.2) is 0 Å². The van der Waals surface area contributed by atoms with E-state index in [1.54, 1.807) is 0 Å². The van der Waals surface area contributed by atoms with Crippen molar-refractivity contribution in [1.29, 1.82) is 0 Å². The Hall–Kier alpha value is -2.75. The minimum atomic E-state index is -0.175. The lowest BCUT2D eigenvalue weighted by Crippen LogP contribution is -2.41. The Balaban J connectivity index is 0.000000186.